The van der Waals surface area contributed by atoms with Crippen LogP contribution in [0.25, 0.3) is 6.08 Å². The van der Waals surface area contributed by atoms with Crippen LogP contribution in [0.1, 0.15) is 120 Å². The number of nitrogens with two attached hydrogens (primary N) is 1. The molecule has 7 aromatic rings. The van der Waals surface area contributed by atoms with E-state index in [-0.39, 0.29) is 47.5 Å². The summed E-state index contributed by atoms with van der Waals surface area (Å²) in [5.41, 5.74) is 2.38. The molecule has 93 heavy (non-hydrogen) atoms. The molecule has 4 unspecified atom stereocenters. The van der Waals surface area contributed by atoms with Crippen LogP contribution in [-0.4, -0.2) is 177 Å². The molecule has 11 heterocycles. The van der Waals surface area contributed by atoms with Gasteiger partial charge in [0.1, 0.15) is 6.10 Å². The van der Waals surface area contributed by atoms with Crippen molar-refractivity contribution in [1.82, 2.24) is 39.6 Å². The number of Topliss-reactive ketones (excluding diaryl/α,β-unsaturated/α-hetero) is 4. The fraction of sp³-hybridized carbons (Fsp3) is 0.448. The maximum absolute atomic E-state index is 12.1. The second-order valence-electron chi connectivity index (χ2n) is 23.2. The lowest BCUT2D eigenvalue weighted by Crippen LogP contribution is -2.34. The Morgan fingerprint density at radius 3 is 1.91 bits per heavy atom. The topological polar surface area (TPSA) is 276 Å². The van der Waals surface area contributed by atoms with Crippen molar-refractivity contribution in [2.75, 3.05) is 77.7 Å². The van der Waals surface area contributed by atoms with Gasteiger partial charge >= 0.3 is 0 Å². The van der Waals surface area contributed by atoms with Crippen LogP contribution in [0, 0.1) is 47.5 Å². The zero-order valence-electron chi connectivity index (χ0n) is 54.2. The Hall–Kier alpha value is -6.08. The number of ketones is 4. The average molecular weight is 1390 g/mol. The predicted octanol–water partition coefficient (Wildman–Crippen LogP) is 8.78. The van der Waals surface area contributed by atoms with Crippen LogP contribution in [-0.2, 0) is 23.6 Å². The number of thiocarbonyl (C=S) groups is 1. The highest BCUT2D eigenvalue weighted by atomic mass is 32.2. The minimum Gasteiger partial charge on any atom is -0.389 e. The van der Waals surface area contributed by atoms with Crippen molar-refractivity contribution in [2.24, 2.45) is 18.1 Å². The number of likely N-dealkylation sites (N-methyl/N-ethyl adjacent to an activating group) is 1. The molecule has 0 aromatic carbocycles. The molecule has 26 heteroatoms. The van der Waals surface area contributed by atoms with Gasteiger partial charge in [0.15, 0.2) is 17.3 Å². The number of sulfonamides is 1. The lowest BCUT2D eigenvalue weighted by atomic mass is 9.98. The molecule has 20 nitrogen and oxygen atoms in total. The molecule has 4 aliphatic rings. The van der Waals surface area contributed by atoms with E-state index < -0.39 is 34.1 Å². The molecule has 504 valence electrons. The first-order valence-electron chi connectivity index (χ1n) is 30.9. The number of hydrogen-bond donors (Lipinski definition) is 6. The first-order chi connectivity index (χ1) is 44.2. The lowest BCUT2D eigenvalue weighted by Gasteiger charge is -2.22. The summed E-state index contributed by atoms with van der Waals surface area (Å²) < 4.78 is 29.5. The fourth-order valence-electron chi connectivity index (χ4n) is 10.1. The van der Waals surface area contributed by atoms with Crippen molar-refractivity contribution in [2.45, 2.75) is 105 Å². The Labute approximate surface area is 567 Å². The van der Waals surface area contributed by atoms with Crippen LogP contribution in [0.3, 0.4) is 0 Å². The number of carbonyl (C=O) groups is 4. The number of aliphatic hydroxyl groups excluding tert-OH is 3. The molecule has 7 N–H and O–H groups in total. The Kier molecular flexibility index (Phi) is 30.9. The zero-order valence-corrected chi connectivity index (χ0v) is 59.1. The predicted molar refractivity (Wildman–Crippen MR) is 378 cm³/mol. The van der Waals surface area contributed by atoms with Crippen molar-refractivity contribution in [1.29, 1.82) is 0 Å². The number of rotatable bonds is 19. The summed E-state index contributed by atoms with van der Waals surface area (Å²) in [7, 11) is -1.69. The number of aromatic nitrogens is 3. The van der Waals surface area contributed by atoms with Crippen LogP contribution in [0.4, 0.5) is 0 Å². The number of aliphatic hydroxyl groups is 3. The molecule has 3 saturated heterocycles. The van der Waals surface area contributed by atoms with Gasteiger partial charge in [-0.15, -0.1) is 45.3 Å². The highest BCUT2D eigenvalue weighted by Crippen LogP contribution is 2.24. The minimum absolute atomic E-state index is 0.0219. The highest BCUT2D eigenvalue weighted by molar-refractivity contribution is 7.89. The van der Waals surface area contributed by atoms with E-state index in [9.17, 15) is 47.7 Å². The maximum atomic E-state index is 12.1. The number of primary sulfonamides is 1. The summed E-state index contributed by atoms with van der Waals surface area (Å²) in [6.45, 7) is 22.0. The van der Waals surface area contributed by atoms with E-state index in [0.717, 1.165) is 75.8 Å². The van der Waals surface area contributed by atoms with Crippen LogP contribution in [0.15, 0.2) is 119 Å². The smallest absolute Gasteiger partial charge is 0.250 e. The number of thiophene rings is 4. The largest absolute Gasteiger partial charge is 0.389 e. The third-order valence-electron chi connectivity index (χ3n) is 15.3. The molecule has 3 fully saturated rings. The first kappa shape index (κ1) is 75.9. The molecular weight excluding hydrogens is 1300 g/mol. The van der Waals surface area contributed by atoms with Crippen LogP contribution in [0.2, 0.25) is 0 Å². The second kappa shape index (κ2) is 37.9. The molecule has 0 radical (unpaired) electrons. The highest BCUT2D eigenvalue weighted by Gasteiger charge is 2.31. The van der Waals surface area contributed by atoms with E-state index >= 15 is 0 Å². The quantitative estimate of drug-likeness (QED) is 0.0326. The number of hydrogen-bond acceptors (Lipinski definition) is 22. The van der Waals surface area contributed by atoms with Gasteiger partial charge in [-0.05, 0) is 165 Å². The van der Waals surface area contributed by atoms with Crippen molar-refractivity contribution >= 4 is 102 Å². The van der Waals surface area contributed by atoms with E-state index in [1.165, 1.54) is 73.9 Å². The van der Waals surface area contributed by atoms with E-state index in [1.807, 2.05) is 104 Å². The number of pyridine rings is 1. The molecule has 4 atom stereocenters. The molecule has 11 rings (SSSR count). The fourth-order valence-corrected chi connectivity index (χ4v) is 14.2. The van der Waals surface area contributed by atoms with Crippen molar-refractivity contribution < 1.29 is 47.4 Å². The van der Waals surface area contributed by atoms with Crippen LogP contribution < -0.4 is 21.3 Å². The maximum Gasteiger partial charge on any atom is 0.250 e. The Morgan fingerprint density at radius 1 is 0.763 bits per heavy atom. The molecule has 0 aliphatic carbocycles. The van der Waals surface area contributed by atoms with Gasteiger partial charge in [0.05, 0.1) is 65.3 Å². The number of allylic oxidation sites excluding steroid dienone is 2. The first-order valence-corrected chi connectivity index (χ1v) is 36.3. The van der Waals surface area contributed by atoms with Gasteiger partial charge in [0.25, 0.3) is 5.56 Å². The summed E-state index contributed by atoms with van der Waals surface area (Å²) in [6, 6.07) is 26.4. The van der Waals surface area contributed by atoms with Gasteiger partial charge in [-0.2, -0.15) is 0 Å². The number of nitrogens with one attached hydrogen (secondary N) is 2. The van der Waals surface area contributed by atoms with E-state index in [4.69, 9.17) is 21.9 Å². The summed E-state index contributed by atoms with van der Waals surface area (Å²) in [6.07, 6.45) is 12.2. The van der Waals surface area contributed by atoms with E-state index in [2.05, 4.69) is 58.8 Å². The summed E-state index contributed by atoms with van der Waals surface area (Å²) in [5, 5.41) is 43.3. The van der Waals surface area contributed by atoms with Crippen molar-refractivity contribution in [3.05, 3.63) is 182 Å². The number of likely N-dealkylation sites (tertiary alicyclic amines) is 2. The Morgan fingerprint density at radius 2 is 1.39 bits per heavy atom. The number of β-amino-alcohol motifs (C(OH)–C–C–N with tert-alkyl or cyclic N) is 2. The molecule has 0 bridgehead atoms. The van der Waals surface area contributed by atoms with Crippen molar-refractivity contribution in [3.63, 3.8) is 0 Å². The lowest BCUT2D eigenvalue weighted by molar-refractivity contribution is 0.0572. The minimum atomic E-state index is -3.61. The summed E-state index contributed by atoms with van der Waals surface area (Å²) in [5.74, 6) is 0.783. The van der Waals surface area contributed by atoms with E-state index in [0.29, 0.717) is 47.7 Å². The zero-order chi connectivity index (χ0) is 67.8. The normalized spacial score (nSPS) is 17.8. The third-order valence-corrected chi connectivity index (χ3v) is 20.5. The van der Waals surface area contributed by atoms with E-state index in [1.54, 1.807) is 59.7 Å². The van der Waals surface area contributed by atoms with Crippen molar-refractivity contribution in [3.8, 4) is 0 Å². The Balaban J connectivity index is 0.000000177. The third kappa shape index (κ3) is 26.6. The molecule has 0 saturated carbocycles. The SMILES string of the molecule is CCNC1CCN(CC(=O)c2ccc(C)s2)C1.Cc1cc(C(=O)CN2CC(O)C(O)C2)on1.Cc1ccc(/C=C/C2CCNCC2)s1.Cc1ccc(C(=O)CN2C=CC(=S)CC2)n1C.Cc1ccc(C(=O)Cn2ccccc2=O)s1.Cc1ccc(C(O)CS(N)(=O)=O)s1. The van der Waals surface area contributed by atoms with Gasteiger partial charge in [0.2, 0.25) is 21.6 Å². The molecule has 0 amide bonds. The summed E-state index contributed by atoms with van der Waals surface area (Å²) >= 11 is 11.4. The molecule has 0 spiro atoms. The standard InChI is InChI=1S/C13H16N2OS.C13H20N2OS.C12H11NO2S.C12H17NS.C10H14N2O4.C7H11NO3S2/c1-10-3-4-12(14(10)2)13(16)9-15-7-5-11(17)6-8-15;1-3-14-11-6-7-15(8-11)9-12(16)13-5-4-10(2)17-13;1-9-5-6-11(16-9)10(14)8-13-7-3-2-4-12(13)15;1-10-2-4-12(14-10)5-3-11-6-8-13-9-7-11;1-6-2-10(16-11-6)9(15)5-12-3-7(13)8(14)4-12;1-5-2-3-7(12-5)6(9)4-13(8,10)11/h3-5,7H,6,8-9H2,1-2H3;4-5,11,14H,3,6-9H2,1-2H3;2-7H,8H2,1H3;2-5,11,13H,6-9H2,1H3;2,7-8,13-14H,3-5H2,1H3;2-3,6,9H,4H2,1H3,(H2,8,10,11)/b;;;5-3+;;. The molecule has 7 aromatic heterocycles. The van der Waals surface area contributed by atoms with Gasteiger partial charge in [0, 0.05) is 117 Å². The van der Waals surface area contributed by atoms with Gasteiger partial charge < -0.3 is 44.5 Å². The van der Waals surface area contributed by atoms with Gasteiger partial charge in [-0.25, -0.2) is 13.6 Å². The van der Waals surface area contributed by atoms with Gasteiger partial charge in [-0.1, -0.05) is 36.4 Å². The van der Waals surface area contributed by atoms with Crippen LogP contribution >= 0.6 is 57.6 Å². The number of carbonyl (C=O) groups excluding carboxylic acids is 4. The molecular formula is C67H89N9O11S6. The van der Waals surface area contributed by atoms with Crippen LogP contribution in [0.5, 0.6) is 0 Å². The molecule has 4 aliphatic heterocycles. The number of nitrogens with zero attached hydrogens (tertiary/aromatic N) is 6. The second-order valence-corrected chi connectivity index (χ2v) is 30.6. The number of aryl methyl sites for hydroxylation is 6. The van der Waals surface area contributed by atoms with Gasteiger partial charge in [-0.3, -0.25) is 33.8 Å². The average Bonchev–Trinajstić information content (AvgIpc) is 1.95. The number of piperidine rings is 1. The summed E-state index contributed by atoms with van der Waals surface area (Å²) in [4.78, 5) is 74.3. The monoisotopic (exact) mass is 1390 g/mol. The Bertz CT molecular complexity index is 3760.